The summed E-state index contributed by atoms with van der Waals surface area (Å²) in [5.74, 6) is -1.08. The van der Waals surface area contributed by atoms with Crippen molar-refractivity contribution < 1.29 is 75.0 Å². The van der Waals surface area contributed by atoms with Gasteiger partial charge in [0.15, 0.2) is 0 Å². The number of pyridine rings is 2. The maximum atomic E-state index is 12.7. The number of nitrogens with zero attached hydrogens (tertiary/aromatic N) is 3. The summed E-state index contributed by atoms with van der Waals surface area (Å²) in [5.41, 5.74) is 1.98. The Labute approximate surface area is 359 Å². The average Bonchev–Trinajstić information content (AvgIpc) is 3.59. The molecule has 0 spiro atoms. The van der Waals surface area contributed by atoms with Crippen molar-refractivity contribution in [1.29, 1.82) is 0 Å². The van der Waals surface area contributed by atoms with Crippen LogP contribution in [0.25, 0.3) is 32.8 Å². The predicted octanol–water partition coefficient (Wildman–Crippen LogP) is 3.93. The number of carbonyl (C=O) groups excluding carboxylic acids is 2. The van der Waals surface area contributed by atoms with Gasteiger partial charge in [-0.1, -0.05) is 58.2 Å². The van der Waals surface area contributed by atoms with E-state index in [9.17, 15) is 28.8 Å². The van der Waals surface area contributed by atoms with Crippen molar-refractivity contribution in [3.8, 4) is 0 Å². The van der Waals surface area contributed by atoms with E-state index in [1.54, 1.807) is 67.7 Å². The maximum Gasteiger partial charge on any atom is 0.320 e. The van der Waals surface area contributed by atoms with Gasteiger partial charge in [0.2, 0.25) is 0 Å². The van der Waals surface area contributed by atoms with Crippen LogP contribution in [-0.2, 0) is 85.6 Å². The number of aromatic nitrogens is 4. The third-order valence-corrected chi connectivity index (χ3v) is 8.93. The van der Waals surface area contributed by atoms with E-state index in [4.69, 9.17) is 23.2 Å². The van der Waals surface area contributed by atoms with Gasteiger partial charge >= 0.3 is 11.4 Å². The minimum atomic E-state index is -0.546. The summed E-state index contributed by atoms with van der Waals surface area (Å²) < 4.78 is 4.03. The Hall–Kier alpha value is -4.03. The number of nitrogens with one attached hydrogen (secondary N) is 3. The van der Waals surface area contributed by atoms with Gasteiger partial charge in [-0.25, -0.2) is 9.59 Å². The summed E-state index contributed by atoms with van der Waals surface area (Å²) in [6, 6.07) is 25.9. The van der Waals surface area contributed by atoms with E-state index in [1.807, 2.05) is 0 Å². The van der Waals surface area contributed by atoms with E-state index >= 15 is 0 Å². The first-order chi connectivity index (χ1) is 24.5. The Morgan fingerprint density at radius 3 is 1.68 bits per heavy atom. The molecule has 4 heterocycles. The summed E-state index contributed by atoms with van der Waals surface area (Å²) in [5, 5.41) is 7.16. The molecule has 3 N–H and O–H groups in total. The van der Waals surface area contributed by atoms with Crippen LogP contribution in [0.1, 0.15) is 31.8 Å². The van der Waals surface area contributed by atoms with E-state index in [2.05, 4.69) is 27.8 Å². The second kappa shape index (κ2) is 16.5. The van der Waals surface area contributed by atoms with E-state index in [0.29, 0.717) is 37.5 Å². The van der Waals surface area contributed by atoms with Crippen LogP contribution in [0.15, 0.2) is 104 Å². The number of hydrogen-bond donors (Lipinski definition) is 3. The molecule has 2 amide bonds. The number of halogens is 2. The molecule has 53 heavy (non-hydrogen) atoms. The van der Waals surface area contributed by atoms with Crippen molar-refractivity contribution in [3.05, 3.63) is 171 Å². The van der Waals surface area contributed by atoms with Gasteiger partial charge in [0.25, 0.3) is 11.8 Å². The van der Waals surface area contributed by atoms with Crippen molar-refractivity contribution in [2.75, 3.05) is 0 Å². The second-order valence-corrected chi connectivity index (χ2v) is 12.5. The minimum Gasteiger partial charge on any atom is -0.359 e. The van der Waals surface area contributed by atoms with Gasteiger partial charge in [-0.05, 0) is 57.5 Å². The number of imidazole rings is 2. The van der Waals surface area contributed by atoms with Gasteiger partial charge in [0.1, 0.15) is 10.9 Å². The normalized spacial score (nSPS) is 10.8. The molecule has 0 fully saturated rings. The molecule has 0 atom stereocenters. The Balaban J connectivity index is 0.000000197. The summed E-state index contributed by atoms with van der Waals surface area (Å²) in [7, 11) is 1.61. The maximum absolute atomic E-state index is 12.7. The molecule has 0 aliphatic rings. The smallest absolute Gasteiger partial charge is 0.320 e. The first kappa shape index (κ1) is 40.2. The number of hydrogen-bond acceptors (Lipinski definition) is 6. The number of rotatable bonds is 6. The van der Waals surface area contributed by atoms with Crippen LogP contribution in [0.4, 0.5) is 0 Å². The number of aryl methyl sites for hydroxylation is 1. The van der Waals surface area contributed by atoms with E-state index in [-0.39, 0.29) is 101 Å². The fourth-order valence-electron chi connectivity index (χ4n) is 5.81. The van der Waals surface area contributed by atoms with Crippen molar-refractivity contribution in [1.82, 2.24) is 29.0 Å². The molecule has 2 radical (unpaired) electrons. The molecule has 8 rings (SSSR count). The summed E-state index contributed by atoms with van der Waals surface area (Å²) in [6.45, 7) is 0.485. The second-order valence-electron chi connectivity index (χ2n) is 11.6. The van der Waals surface area contributed by atoms with E-state index in [1.165, 1.54) is 37.9 Å². The summed E-state index contributed by atoms with van der Waals surface area (Å²) >= 11 is 11.7. The molecule has 0 saturated carbocycles. The molecule has 0 aliphatic carbocycles. The number of aromatic amines is 1. The van der Waals surface area contributed by atoms with Gasteiger partial charge in [0, 0.05) is 108 Å². The molecular formula is C37H24Cl2N6O6Y2-2. The van der Waals surface area contributed by atoms with Crippen molar-refractivity contribution >= 4 is 67.9 Å². The third kappa shape index (κ3) is 7.80. The standard InChI is InChI=1S/C19H13ClN3O3.C18H11ClN3O3.2Y/c1-22-15-4-2-3-13-16(15)23(19(22)26)10-14(17(13)24)18(25)21-9-11-5-7-12(20)8-6-11;19-11-6-4-10(5-7-11)8-20-17(24)13-9-22-15-12(16(13)23)2-1-3-14(15)21-18(22)25;;/h3-8,10H,9H2,1H3,(H,21,25);2-7,9H,8H2,(H,20,24)(H,21,25);;/q2*-1;;. The largest absolute Gasteiger partial charge is 0.359 e. The Bertz CT molecular complexity index is 2870. The van der Waals surface area contributed by atoms with Crippen LogP contribution in [0.3, 0.4) is 0 Å². The molecular weight excluding hydrogens is 873 g/mol. The quantitative estimate of drug-likeness (QED) is 0.215. The topological polar surface area (TPSA) is 156 Å². The van der Waals surface area contributed by atoms with Gasteiger partial charge < -0.3 is 29.8 Å². The molecule has 16 heteroatoms. The monoisotopic (exact) mass is 896 g/mol. The van der Waals surface area contributed by atoms with Crippen LogP contribution in [0, 0.1) is 12.1 Å². The van der Waals surface area contributed by atoms with Crippen LogP contribution in [-0.4, -0.2) is 30.2 Å². The van der Waals surface area contributed by atoms with Crippen molar-refractivity contribution in [3.63, 3.8) is 0 Å². The number of amides is 2. The molecule has 0 saturated heterocycles. The fraction of sp³-hybridized carbons (Fsp3) is 0.0811. The SMILES string of the molecule is Cn1c(=O)n2cc(C(=O)NCc3ccc(Cl)cc3)c(=O)c3c[c-]cc1c32.O=C(NCc1ccc(Cl)cc1)c1cn2c(=O)[nH]c3c[c-]cc(c1=O)c32.[Y].[Y]. The van der Waals surface area contributed by atoms with Crippen LogP contribution in [0.2, 0.25) is 10.0 Å². The Morgan fingerprint density at radius 2 is 1.15 bits per heavy atom. The zero-order chi connectivity index (χ0) is 36.0. The molecule has 0 bridgehead atoms. The van der Waals surface area contributed by atoms with Crippen LogP contribution < -0.4 is 32.9 Å². The average molecular weight is 897 g/mol. The van der Waals surface area contributed by atoms with E-state index in [0.717, 1.165) is 11.1 Å². The zero-order valence-corrected chi connectivity index (χ0v) is 34.9. The fourth-order valence-corrected chi connectivity index (χ4v) is 6.06. The third-order valence-electron chi connectivity index (χ3n) is 8.42. The first-order valence-electron chi connectivity index (χ1n) is 15.4. The molecule has 4 aromatic heterocycles. The zero-order valence-electron chi connectivity index (χ0n) is 27.7. The Morgan fingerprint density at radius 1 is 0.679 bits per heavy atom. The summed E-state index contributed by atoms with van der Waals surface area (Å²) in [6.07, 6.45) is 2.57. The van der Waals surface area contributed by atoms with Gasteiger partial charge in [0.05, 0.1) is 11.1 Å². The van der Waals surface area contributed by atoms with Crippen molar-refractivity contribution in [2.45, 2.75) is 13.1 Å². The van der Waals surface area contributed by atoms with Crippen LogP contribution in [0.5, 0.6) is 0 Å². The van der Waals surface area contributed by atoms with E-state index < -0.39 is 28.4 Å². The molecule has 0 unspecified atom stereocenters. The first-order valence-corrected chi connectivity index (χ1v) is 16.1. The van der Waals surface area contributed by atoms with Crippen molar-refractivity contribution in [2.24, 2.45) is 7.05 Å². The van der Waals surface area contributed by atoms with Gasteiger partial charge in [-0.2, -0.15) is 36.4 Å². The van der Waals surface area contributed by atoms with Crippen LogP contribution >= 0.6 is 23.2 Å². The predicted molar refractivity (Wildman–Crippen MR) is 193 cm³/mol. The summed E-state index contributed by atoms with van der Waals surface area (Å²) in [4.78, 5) is 77.4. The molecule has 8 aromatic rings. The molecule has 260 valence electrons. The number of H-pyrrole nitrogens is 1. The Kier molecular flexibility index (Phi) is 12.5. The molecule has 4 aromatic carbocycles. The number of benzene rings is 4. The molecule has 12 nitrogen and oxygen atoms in total. The number of carbonyl (C=O) groups is 2. The minimum absolute atomic E-state index is 0. The van der Waals surface area contributed by atoms with Gasteiger partial charge in [-0.15, -0.1) is 0 Å². The van der Waals surface area contributed by atoms with Gasteiger partial charge in [-0.3, -0.25) is 18.4 Å². The molecule has 0 aliphatic heterocycles.